The van der Waals surface area contributed by atoms with Crippen LogP contribution in [0.4, 0.5) is 17.6 Å². The first kappa shape index (κ1) is 55.5. The van der Waals surface area contributed by atoms with E-state index in [1.54, 1.807) is 31.4 Å². The average Bonchev–Trinajstić information content (AvgIpc) is 3.42. The van der Waals surface area contributed by atoms with Gasteiger partial charge in [0.15, 0.2) is 0 Å². The molecule has 2 unspecified atom stereocenters. The van der Waals surface area contributed by atoms with Crippen LogP contribution in [0.1, 0.15) is 57.6 Å². The van der Waals surface area contributed by atoms with Gasteiger partial charge in [-0.1, -0.05) is 138 Å². The number of hydrogen-bond donors (Lipinski definition) is 4. The number of alkyl halides is 4. The van der Waals surface area contributed by atoms with Gasteiger partial charge in [0, 0.05) is 106 Å². The second-order valence-corrected chi connectivity index (χ2v) is 18.7. The summed E-state index contributed by atoms with van der Waals surface area (Å²) in [5.74, 6) is 1.19. The zero-order valence-electron chi connectivity index (χ0n) is 41.1. The van der Waals surface area contributed by atoms with Crippen molar-refractivity contribution in [2.45, 2.75) is 50.3 Å². The summed E-state index contributed by atoms with van der Waals surface area (Å²) in [7, 11) is 1.65. The molecule has 10 nitrogen and oxygen atoms in total. The highest BCUT2D eigenvalue weighted by molar-refractivity contribution is 6.31. The van der Waals surface area contributed by atoms with Gasteiger partial charge in [0.25, 0.3) is 0 Å². The Kier molecular flexibility index (Phi) is 22.0. The van der Waals surface area contributed by atoms with E-state index in [-0.39, 0.29) is 29.6 Å². The minimum atomic E-state index is -2.83. The molecular formula is C57H66Cl2F4N6O4. The standard InChI is InChI=1S/2C19H21ClF2N2O.C19H24N2O2/c20-16-7-3-2-6-15(16)17(24-11-9-23-10-12-24)13-14-5-1-4-8-18(14)25-19(21)22;20-16-6-3-5-14(12-16)17(24-10-8-23-9-11-24)13-15-4-1-2-7-18(15)25-19(21)22;1-23-17-10-6-5-9-16(17)19(22)18(15-7-3-2-4-8-15)21-13-11-20-12-14-21/h1-8,17,19,23H,9-13H2;1-7,12,17,19,23H,8-11,13H2;2-10,18-20,22H,11-14H2,1H3/t;;18-,19-/m..0/s1. The van der Waals surface area contributed by atoms with Gasteiger partial charge in [-0.25, -0.2) is 0 Å². The topological polar surface area (TPSA) is 93.7 Å². The van der Waals surface area contributed by atoms with Gasteiger partial charge in [0.05, 0.1) is 13.2 Å². The Hall–Kier alpha value is -5.26. The molecule has 3 aliphatic heterocycles. The number of para-hydroxylation sites is 3. The summed E-state index contributed by atoms with van der Waals surface area (Å²) in [5.41, 5.74) is 5.59. The minimum absolute atomic E-state index is 0.0122. The molecule has 0 saturated carbocycles. The van der Waals surface area contributed by atoms with Crippen LogP contribution in [0.2, 0.25) is 10.0 Å². The fourth-order valence-corrected chi connectivity index (χ4v) is 10.3. The third kappa shape index (κ3) is 16.4. The summed E-state index contributed by atoms with van der Waals surface area (Å²) in [6, 6.07) is 47.4. The average molecular weight is 1050 g/mol. The van der Waals surface area contributed by atoms with Gasteiger partial charge in [0.1, 0.15) is 23.4 Å². The van der Waals surface area contributed by atoms with Crippen molar-refractivity contribution in [1.82, 2.24) is 30.7 Å². The second-order valence-electron chi connectivity index (χ2n) is 17.9. The number of aliphatic hydroxyl groups excluding tert-OH is 1. The number of piperazine rings is 3. The number of nitrogens with one attached hydrogen (secondary N) is 3. The molecule has 6 aromatic carbocycles. The lowest BCUT2D eigenvalue weighted by Gasteiger charge is -2.38. The number of halogens is 6. The van der Waals surface area contributed by atoms with Crippen LogP contribution in [0.25, 0.3) is 0 Å². The summed E-state index contributed by atoms with van der Waals surface area (Å²) in [6.45, 7) is 5.25. The van der Waals surface area contributed by atoms with Crippen LogP contribution >= 0.6 is 23.2 Å². The van der Waals surface area contributed by atoms with Crippen molar-refractivity contribution in [3.05, 3.63) is 195 Å². The van der Waals surface area contributed by atoms with Crippen LogP contribution in [0.5, 0.6) is 17.2 Å². The summed E-state index contributed by atoms with van der Waals surface area (Å²) < 4.78 is 65.7. The molecule has 3 aliphatic rings. The van der Waals surface area contributed by atoms with E-state index >= 15 is 0 Å². The summed E-state index contributed by atoms with van der Waals surface area (Å²) in [4.78, 5) is 7.06. The molecule has 0 aromatic heterocycles. The monoisotopic (exact) mass is 1040 g/mol. The lowest BCUT2D eigenvalue weighted by Crippen LogP contribution is -2.46. The normalized spacial score (nSPS) is 17.3. The molecule has 16 heteroatoms. The summed E-state index contributed by atoms with van der Waals surface area (Å²) in [6.07, 6.45) is 0.516. The molecule has 6 aromatic rings. The molecule has 73 heavy (non-hydrogen) atoms. The zero-order chi connectivity index (χ0) is 51.4. The number of benzene rings is 6. The van der Waals surface area contributed by atoms with Crippen LogP contribution in [-0.4, -0.2) is 119 Å². The molecule has 4 N–H and O–H groups in total. The number of aliphatic hydroxyl groups is 1. The summed E-state index contributed by atoms with van der Waals surface area (Å²) >= 11 is 12.6. The van der Waals surface area contributed by atoms with Crippen molar-refractivity contribution in [2.24, 2.45) is 0 Å². The van der Waals surface area contributed by atoms with Gasteiger partial charge < -0.3 is 35.3 Å². The number of ether oxygens (including phenoxy) is 3. The van der Waals surface area contributed by atoms with Crippen molar-refractivity contribution in [3.8, 4) is 17.2 Å². The maximum absolute atomic E-state index is 12.7. The molecule has 3 saturated heterocycles. The Balaban J connectivity index is 0.000000160. The lowest BCUT2D eigenvalue weighted by atomic mass is 9.93. The number of methoxy groups -OCH3 is 1. The number of nitrogens with zero attached hydrogens (tertiary/aromatic N) is 3. The van der Waals surface area contributed by atoms with E-state index in [2.05, 4.69) is 42.8 Å². The van der Waals surface area contributed by atoms with E-state index in [1.807, 2.05) is 115 Å². The van der Waals surface area contributed by atoms with Gasteiger partial charge >= 0.3 is 13.2 Å². The first-order valence-electron chi connectivity index (χ1n) is 24.8. The van der Waals surface area contributed by atoms with Gasteiger partial charge in [-0.2, -0.15) is 17.6 Å². The molecule has 0 aliphatic carbocycles. The molecule has 0 radical (unpaired) electrons. The van der Waals surface area contributed by atoms with E-state index in [9.17, 15) is 22.7 Å². The van der Waals surface area contributed by atoms with Crippen molar-refractivity contribution in [3.63, 3.8) is 0 Å². The first-order valence-corrected chi connectivity index (χ1v) is 25.6. The molecule has 390 valence electrons. The van der Waals surface area contributed by atoms with Crippen LogP contribution in [0, 0.1) is 0 Å². The van der Waals surface area contributed by atoms with Crippen LogP contribution in [0.15, 0.2) is 152 Å². The van der Waals surface area contributed by atoms with E-state index in [4.69, 9.17) is 37.4 Å². The smallest absolute Gasteiger partial charge is 0.387 e. The maximum Gasteiger partial charge on any atom is 0.387 e. The predicted octanol–water partition coefficient (Wildman–Crippen LogP) is 10.6. The minimum Gasteiger partial charge on any atom is -0.496 e. The zero-order valence-corrected chi connectivity index (χ0v) is 42.6. The highest BCUT2D eigenvalue weighted by atomic mass is 35.5. The Labute approximate surface area is 437 Å². The third-order valence-corrected chi connectivity index (χ3v) is 13.9. The van der Waals surface area contributed by atoms with E-state index in [0.717, 1.165) is 118 Å². The predicted molar refractivity (Wildman–Crippen MR) is 282 cm³/mol. The van der Waals surface area contributed by atoms with Crippen molar-refractivity contribution < 1.29 is 36.9 Å². The Morgan fingerprint density at radius 1 is 0.493 bits per heavy atom. The second kappa shape index (κ2) is 29.0. The third-order valence-electron chi connectivity index (χ3n) is 13.3. The van der Waals surface area contributed by atoms with Gasteiger partial charge in [0.2, 0.25) is 0 Å². The first-order chi connectivity index (χ1) is 35.6. The van der Waals surface area contributed by atoms with Gasteiger partial charge in [-0.05, 0) is 77.1 Å². The Bertz CT molecular complexity index is 2550. The van der Waals surface area contributed by atoms with Gasteiger partial charge in [-0.3, -0.25) is 14.7 Å². The Morgan fingerprint density at radius 3 is 1.45 bits per heavy atom. The quantitative estimate of drug-likeness (QED) is 0.0662. The molecule has 0 spiro atoms. The number of hydrogen-bond acceptors (Lipinski definition) is 10. The fraction of sp³-hybridized carbons (Fsp3) is 0.368. The Morgan fingerprint density at radius 2 is 0.932 bits per heavy atom. The molecular weight excluding hydrogens is 980 g/mol. The van der Waals surface area contributed by atoms with Crippen LogP contribution in [-0.2, 0) is 12.8 Å². The van der Waals surface area contributed by atoms with Crippen molar-refractivity contribution in [1.29, 1.82) is 0 Å². The van der Waals surface area contributed by atoms with Crippen molar-refractivity contribution >= 4 is 23.2 Å². The lowest BCUT2D eigenvalue weighted by molar-refractivity contribution is -0.0512. The van der Waals surface area contributed by atoms with E-state index in [0.29, 0.717) is 22.9 Å². The summed E-state index contributed by atoms with van der Waals surface area (Å²) in [5, 5.41) is 22.6. The fourth-order valence-electron chi connectivity index (χ4n) is 9.81. The van der Waals surface area contributed by atoms with Crippen LogP contribution < -0.4 is 30.2 Å². The molecule has 3 fully saturated rings. The number of rotatable bonds is 17. The highest BCUT2D eigenvalue weighted by Crippen LogP contribution is 2.39. The van der Waals surface area contributed by atoms with Crippen LogP contribution in [0.3, 0.4) is 0 Å². The molecule has 0 bridgehead atoms. The molecule has 3 heterocycles. The van der Waals surface area contributed by atoms with Gasteiger partial charge in [-0.15, -0.1) is 0 Å². The van der Waals surface area contributed by atoms with E-state index in [1.165, 1.54) is 0 Å². The molecule has 0 amide bonds. The van der Waals surface area contributed by atoms with Crippen molar-refractivity contribution in [2.75, 3.05) is 85.6 Å². The maximum atomic E-state index is 12.7. The molecule has 4 atom stereocenters. The molecule has 9 rings (SSSR count). The largest absolute Gasteiger partial charge is 0.496 e. The van der Waals surface area contributed by atoms with E-state index < -0.39 is 19.3 Å². The highest BCUT2D eigenvalue weighted by Gasteiger charge is 2.32. The SMILES string of the molecule is COc1ccccc1[C@H](O)[C@H](c1ccccc1)N1CCNCC1.FC(F)Oc1ccccc1CC(c1cccc(Cl)c1)N1CCNCC1.FC(F)Oc1ccccc1CC(c1ccccc1Cl)N1CCNCC1.